The summed E-state index contributed by atoms with van der Waals surface area (Å²) in [6.45, 7) is 7.07. The maximum atomic E-state index is 13.7. The molecule has 0 radical (unpaired) electrons. The Morgan fingerprint density at radius 3 is 1.06 bits per heavy atom. The molecular weight excluding hydrogens is 1100 g/mol. The molecule has 0 aliphatic carbocycles. The van der Waals surface area contributed by atoms with Gasteiger partial charge < -0.3 is 19.4 Å². The van der Waals surface area contributed by atoms with E-state index in [1.807, 2.05) is 27.2 Å². The molecule has 0 rings (SSSR count). The van der Waals surface area contributed by atoms with Gasteiger partial charge in [0.1, 0.15) is 19.3 Å². The summed E-state index contributed by atoms with van der Waals surface area (Å²) in [5.74, 6) is -0.479. The molecule has 0 spiro atoms. The number of nitrogens with zero attached hydrogens (tertiary/aromatic N) is 1. The Balaban J connectivity index is 4.96. The number of quaternary nitrogens is 1. The quantitative estimate of drug-likeness (QED) is 0.0205. The summed E-state index contributed by atoms with van der Waals surface area (Å²) in [6, 6.07) is -0.845. The fourth-order valence-electron chi connectivity index (χ4n) is 11.7. The van der Waals surface area contributed by atoms with Crippen LogP contribution in [0.15, 0.2) is 36.5 Å². The number of esters is 1. The van der Waals surface area contributed by atoms with Gasteiger partial charge in [-0.1, -0.05) is 353 Å². The number of unbranched alkanes of at least 4 members (excludes halogenated alkanes) is 51. The number of ether oxygens (including phenoxy) is 1. The molecular formula is C77H150N2O7P+. The van der Waals surface area contributed by atoms with Crippen molar-refractivity contribution in [3.05, 3.63) is 36.5 Å². The first-order valence-electron chi connectivity index (χ1n) is 38.3. The number of likely N-dealkylation sites (N-methyl/N-ethyl adjacent to an activating group) is 1. The predicted octanol–water partition coefficient (Wildman–Crippen LogP) is 24.6. The minimum absolute atomic E-state index is 0.0441. The molecule has 87 heavy (non-hydrogen) atoms. The van der Waals surface area contributed by atoms with Crippen molar-refractivity contribution < 1.29 is 37.3 Å². The molecule has 9 nitrogen and oxygen atoms in total. The highest BCUT2D eigenvalue weighted by Gasteiger charge is 2.30. The highest BCUT2D eigenvalue weighted by Crippen LogP contribution is 2.43. The molecule has 0 fully saturated rings. The summed E-state index contributed by atoms with van der Waals surface area (Å²) in [6.07, 6.45) is 84.5. The van der Waals surface area contributed by atoms with Crippen molar-refractivity contribution in [1.29, 1.82) is 0 Å². The van der Waals surface area contributed by atoms with E-state index in [9.17, 15) is 19.0 Å². The van der Waals surface area contributed by atoms with E-state index in [2.05, 4.69) is 56.5 Å². The first-order valence-corrected chi connectivity index (χ1v) is 39.8. The van der Waals surface area contributed by atoms with Crippen LogP contribution in [0, 0.1) is 0 Å². The van der Waals surface area contributed by atoms with Gasteiger partial charge in [-0.15, -0.1) is 0 Å². The van der Waals surface area contributed by atoms with Gasteiger partial charge in [-0.3, -0.25) is 18.6 Å². The smallest absolute Gasteiger partial charge is 0.456 e. The molecule has 3 atom stereocenters. The lowest BCUT2D eigenvalue weighted by Crippen LogP contribution is -2.47. The van der Waals surface area contributed by atoms with Gasteiger partial charge in [0.25, 0.3) is 0 Å². The monoisotopic (exact) mass is 1250 g/mol. The van der Waals surface area contributed by atoms with Gasteiger partial charge in [-0.25, -0.2) is 4.57 Å². The number of allylic oxidation sites excluding steroid dienone is 5. The third kappa shape index (κ3) is 68.4. The lowest BCUT2D eigenvalue weighted by molar-refractivity contribution is -0.870. The average molecular weight is 1250 g/mol. The minimum atomic E-state index is -4.45. The Bertz CT molecular complexity index is 1580. The number of carbonyl (C=O) groups excluding carboxylic acids is 2. The third-order valence-electron chi connectivity index (χ3n) is 17.6. The first kappa shape index (κ1) is 85.2. The zero-order valence-electron chi connectivity index (χ0n) is 59.0. The van der Waals surface area contributed by atoms with Crippen LogP contribution in [-0.4, -0.2) is 74.3 Å². The van der Waals surface area contributed by atoms with Crippen molar-refractivity contribution in [2.75, 3.05) is 40.9 Å². The van der Waals surface area contributed by atoms with E-state index < -0.39 is 20.0 Å². The lowest BCUT2D eigenvalue weighted by Gasteiger charge is -2.27. The number of hydrogen-bond acceptors (Lipinski definition) is 6. The molecule has 0 aromatic rings. The summed E-state index contributed by atoms with van der Waals surface area (Å²) in [7, 11) is 1.52. The maximum Gasteiger partial charge on any atom is 0.472 e. The zero-order valence-corrected chi connectivity index (χ0v) is 59.9. The summed E-state index contributed by atoms with van der Waals surface area (Å²) in [5, 5.41) is 3.09. The highest BCUT2D eigenvalue weighted by atomic mass is 31.2. The number of nitrogens with one attached hydrogen (secondary N) is 1. The number of phosphoric ester groups is 1. The molecule has 0 saturated carbocycles. The Morgan fingerprint density at radius 1 is 0.402 bits per heavy atom. The van der Waals surface area contributed by atoms with Crippen LogP contribution >= 0.6 is 7.82 Å². The van der Waals surface area contributed by atoms with Crippen molar-refractivity contribution in [2.45, 2.75) is 405 Å². The number of amides is 1. The van der Waals surface area contributed by atoms with Crippen molar-refractivity contribution in [3.63, 3.8) is 0 Å². The summed E-state index contributed by atoms with van der Waals surface area (Å²) in [4.78, 5) is 38.0. The zero-order chi connectivity index (χ0) is 63.5. The molecule has 3 unspecified atom stereocenters. The Kier molecular flexibility index (Phi) is 65.8. The summed E-state index contributed by atoms with van der Waals surface area (Å²) < 4.78 is 30.9. The van der Waals surface area contributed by atoms with Gasteiger partial charge in [0, 0.05) is 12.8 Å². The molecule has 0 heterocycles. The van der Waals surface area contributed by atoms with E-state index >= 15 is 0 Å². The van der Waals surface area contributed by atoms with Crippen LogP contribution in [0.1, 0.15) is 393 Å². The molecule has 10 heteroatoms. The number of phosphoric acid groups is 1. The van der Waals surface area contributed by atoms with Crippen molar-refractivity contribution in [1.82, 2.24) is 5.32 Å². The van der Waals surface area contributed by atoms with E-state index in [0.29, 0.717) is 23.9 Å². The van der Waals surface area contributed by atoms with E-state index in [4.69, 9.17) is 13.8 Å². The second-order valence-corrected chi connectivity index (χ2v) is 29.0. The maximum absolute atomic E-state index is 13.7. The van der Waals surface area contributed by atoms with Crippen LogP contribution in [0.3, 0.4) is 0 Å². The van der Waals surface area contributed by atoms with Gasteiger partial charge >= 0.3 is 13.8 Å². The number of hydrogen-bond donors (Lipinski definition) is 2. The summed E-state index contributed by atoms with van der Waals surface area (Å²) >= 11 is 0. The van der Waals surface area contributed by atoms with Gasteiger partial charge in [-0.2, -0.15) is 0 Å². The van der Waals surface area contributed by atoms with Crippen LogP contribution in [-0.2, 0) is 27.9 Å². The third-order valence-corrected chi connectivity index (χ3v) is 18.6. The van der Waals surface area contributed by atoms with Gasteiger partial charge in [-0.05, 0) is 63.9 Å². The molecule has 0 aliphatic rings. The van der Waals surface area contributed by atoms with Crippen molar-refractivity contribution in [2.24, 2.45) is 0 Å². The Hall–Kier alpha value is -1.77. The van der Waals surface area contributed by atoms with E-state index in [1.165, 1.54) is 295 Å². The highest BCUT2D eigenvalue weighted by molar-refractivity contribution is 7.47. The number of rotatable bonds is 71. The topological polar surface area (TPSA) is 111 Å². The van der Waals surface area contributed by atoms with E-state index in [0.717, 1.165) is 64.2 Å². The van der Waals surface area contributed by atoms with Gasteiger partial charge in [0.05, 0.1) is 33.8 Å². The second-order valence-electron chi connectivity index (χ2n) is 27.5. The van der Waals surface area contributed by atoms with Crippen molar-refractivity contribution in [3.8, 4) is 0 Å². The van der Waals surface area contributed by atoms with Crippen LogP contribution in [0.5, 0.6) is 0 Å². The standard InChI is InChI=1S/C77H149N2O7P/c1-7-10-13-16-19-22-25-28-30-32-34-36-37-38-39-40-41-43-44-46-48-51-54-57-60-63-66-69-76(80)78-74(73-85-87(82,83)84-72-71-79(4,5)6)75(68-65-62-59-56-53-50-27-24-21-18-15-12-9-3)86-77(81)70-67-64-61-58-55-52-49-47-45-42-35-33-31-29-26-23-20-17-14-11-8-2/h19,22,28,30,65,68,74-75H,7-18,20-21,23-27,29,31-64,66-67,69-73H2,1-6H3,(H-,78,80,82,83)/p+1/b22-19-,30-28-,68-65-. The fraction of sp³-hybridized carbons (Fsp3) is 0.896. The fourth-order valence-corrected chi connectivity index (χ4v) is 12.4. The first-order chi connectivity index (χ1) is 42.4. The van der Waals surface area contributed by atoms with Gasteiger partial charge in [0.2, 0.25) is 5.91 Å². The van der Waals surface area contributed by atoms with E-state index in [1.54, 1.807) is 0 Å². The average Bonchev–Trinajstić information content (AvgIpc) is 3.69. The second kappa shape index (κ2) is 67.1. The molecule has 2 N–H and O–H groups in total. The molecule has 0 bridgehead atoms. The van der Waals surface area contributed by atoms with E-state index in [-0.39, 0.29) is 25.1 Å². The largest absolute Gasteiger partial charge is 0.472 e. The predicted molar refractivity (Wildman–Crippen MR) is 379 cm³/mol. The molecule has 0 saturated heterocycles. The SMILES string of the molecule is CCCCC/C=C\C/C=C\CCCCCCCCCCCCCCCCCCCC(=O)NC(COP(=O)(O)OCC[N+](C)(C)C)C(/C=C\CCCCCCCCCCCCC)OC(=O)CCCCCCCCCCCCCCCCCCCCCCC. The van der Waals surface area contributed by atoms with Crippen molar-refractivity contribution >= 4 is 19.7 Å². The van der Waals surface area contributed by atoms with Crippen LogP contribution in [0.2, 0.25) is 0 Å². The molecule has 0 aromatic heterocycles. The van der Waals surface area contributed by atoms with Crippen LogP contribution in [0.4, 0.5) is 0 Å². The Labute approximate surface area is 542 Å². The minimum Gasteiger partial charge on any atom is -0.456 e. The Morgan fingerprint density at radius 2 is 0.701 bits per heavy atom. The van der Waals surface area contributed by atoms with Gasteiger partial charge in [0.15, 0.2) is 0 Å². The molecule has 514 valence electrons. The summed E-state index contributed by atoms with van der Waals surface area (Å²) in [5.41, 5.74) is 0. The number of carbonyl (C=O) groups is 2. The van der Waals surface area contributed by atoms with Crippen LogP contribution < -0.4 is 5.32 Å². The molecule has 0 aromatic carbocycles. The van der Waals surface area contributed by atoms with Crippen LogP contribution in [0.25, 0.3) is 0 Å². The molecule has 1 amide bonds. The molecule has 0 aliphatic heterocycles. The normalized spacial score (nSPS) is 13.6. The lowest BCUT2D eigenvalue weighted by atomic mass is 10.0.